The van der Waals surface area contributed by atoms with Crippen molar-refractivity contribution >= 4 is 82.4 Å². The fourth-order valence-corrected chi connectivity index (χ4v) is 9.15. The Labute approximate surface area is 341 Å². The third kappa shape index (κ3) is 5.44. The highest BCUT2D eigenvalue weighted by atomic mass is 16.3. The second-order valence-corrected chi connectivity index (χ2v) is 15.3. The van der Waals surface area contributed by atoms with Crippen molar-refractivity contribution in [3.63, 3.8) is 0 Å². The van der Waals surface area contributed by atoms with Crippen molar-refractivity contribution in [2.75, 3.05) is 4.90 Å². The van der Waals surface area contributed by atoms with E-state index in [1.165, 1.54) is 43.4 Å². The smallest absolute Gasteiger partial charge is 0.143 e. The Morgan fingerprint density at radius 3 is 1.66 bits per heavy atom. The highest BCUT2D eigenvalue weighted by Crippen LogP contribution is 2.41. The molecule has 0 fully saturated rings. The molecular formula is C56H36N2O. The summed E-state index contributed by atoms with van der Waals surface area (Å²) in [6.45, 7) is 0. The van der Waals surface area contributed by atoms with Crippen LogP contribution < -0.4 is 4.90 Å². The third-order valence-corrected chi connectivity index (χ3v) is 12.0. The summed E-state index contributed by atoms with van der Waals surface area (Å²) in [5.74, 6) is 0. The summed E-state index contributed by atoms with van der Waals surface area (Å²) in [5.41, 5.74) is 13.2. The fraction of sp³-hybridized carbons (Fsp3) is 0. The van der Waals surface area contributed by atoms with E-state index in [0.717, 1.165) is 66.9 Å². The number of anilines is 3. The van der Waals surface area contributed by atoms with Crippen LogP contribution in [0.4, 0.5) is 17.1 Å². The van der Waals surface area contributed by atoms with Gasteiger partial charge in [0.15, 0.2) is 0 Å². The summed E-state index contributed by atoms with van der Waals surface area (Å²) in [6, 6.07) is 78.7. The van der Waals surface area contributed by atoms with E-state index in [1.54, 1.807) is 0 Å². The maximum atomic E-state index is 6.50. The monoisotopic (exact) mass is 752 g/mol. The van der Waals surface area contributed by atoms with E-state index in [-0.39, 0.29) is 0 Å². The summed E-state index contributed by atoms with van der Waals surface area (Å²) in [5, 5.41) is 9.71. The van der Waals surface area contributed by atoms with Crippen molar-refractivity contribution in [3.8, 4) is 27.9 Å². The highest BCUT2D eigenvalue weighted by molar-refractivity contribution is 6.12. The number of benzene rings is 10. The Kier molecular flexibility index (Phi) is 7.54. The Bertz CT molecular complexity index is 3490. The molecule has 0 saturated heterocycles. The van der Waals surface area contributed by atoms with E-state index < -0.39 is 0 Å². The molecule has 0 amide bonds. The van der Waals surface area contributed by atoms with Crippen molar-refractivity contribution in [2.24, 2.45) is 0 Å². The number of aromatic nitrogens is 1. The van der Waals surface area contributed by atoms with Gasteiger partial charge in [-0.05, 0) is 111 Å². The maximum Gasteiger partial charge on any atom is 0.143 e. The predicted octanol–water partition coefficient (Wildman–Crippen LogP) is 15.8. The maximum absolute atomic E-state index is 6.50. The first-order valence-electron chi connectivity index (χ1n) is 20.2. The standard InChI is InChI=1S/C56H36N2O/c1-2-11-38(12-3-1)47-17-10-18-50-52-35-41(26-34-55(52)59-56(47)50)37-23-27-42(28-24-37)57(45-29-25-40-22-21-39-13-4-5-14-46(39)51(40)36-45)43-30-32-44(33-31-43)58-53-19-8-6-15-48(53)49-16-7-9-20-54(49)58/h1-36H. The summed E-state index contributed by atoms with van der Waals surface area (Å²) in [7, 11) is 0. The van der Waals surface area contributed by atoms with Crippen LogP contribution in [0.5, 0.6) is 0 Å². The fourth-order valence-electron chi connectivity index (χ4n) is 9.15. The molecule has 0 N–H and O–H groups in total. The number of hydrogen-bond acceptors (Lipinski definition) is 2. The average Bonchev–Trinajstić information content (AvgIpc) is 3.85. The Hall–Kier alpha value is -7.88. The van der Waals surface area contributed by atoms with Gasteiger partial charge in [0.25, 0.3) is 0 Å². The molecule has 0 aliphatic rings. The molecule has 0 unspecified atom stereocenters. The number of furan rings is 1. The van der Waals surface area contributed by atoms with Gasteiger partial charge in [-0.3, -0.25) is 0 Å². The van der Waals surface area contributed by atoms with Gasteiger partial charge < -0.3 is 13.9 Å². The van der Waals surface area contributed by atoms with Gasteiger partial charge in [0.05, 0.1) is 11.0 Å². The molecule has 59 heavy (non-hydrogen) atoms. The van der Waals surface area contributed by atoms with Crippen LogP contribution in [-0.2, 0) is 0 Å². The molecular weight excluding hydrogens is 717 g/mol. The van der Waals surface area contributed by atoms with Crippen LogP contribution in [0, 0.1) is 0 Å². The Morgan fingerprint density at radius 2 is 0.915 bits per heavy atom. The summed E-state index contributed by atoms with van der Waals surface area (Å²) in [4.78, 5) is 2.37. The highest BCUT2D eigenvalue weighted by Gasteiger charge is 2.18. The van der Waals surface area contributed by atoms with Crippen molar-refractivity contribution in [1.29, 1.82) is 0 Å². The van der Waals surface area contributed by atoms with E-state index in [1.807, 2.05) is 6.07 Å². The lowest BCUT2D eigenvalue weighted by atomic mass is 9.99. The Balaban J connectivity index is 0.971. The first-order valence-corrected chi connectivity index (χ1v) is 20.2. The first kappa shape index (κ1) is 33.3. The van der Waals surface area contributed by atoms with Crippen LogP contribution in [0.3, 0.4) is 0 Å². The molecule has 12 rings (SSSR count). The van der Waals surface area contributed by atoms with Gasteiger partial charge in [0.1, 0.15) is 11.2 Å². The summed E-state index contributed by atoms with van der Waals surface area (Å²) < 4.78 is 8.87. The van der Waals surface area contributed by atoms with E-state index in [9.17, 15) is 0 Å². The molecule has 0 saturated carbocycles. The van der Waals surface area contributed by atoms with E-state index in [2.05, 4.69) is 222 Å². The van der Waals surface area contributed by atoms with Crippen LogP contribution in [0.25, 0.3) is 93.2 Å². The lowest BCUT2D eigenvalue weighted by Gasteiger charge is -2.26. The van der Waals surface area contributed by atoms with Gasteiger partial charge >= 0.3 is 0 Å². The Morgan fingerprint density at radius 1 is 0.339 bits per heavy atom. The number of rotatable bonds is 6. The first-order chi connectivity index (χ1) is 29.2. The molecule has 0 aliphatic carbocycles. The largest absolute Gasteiger partial charge is 0.455 e. The lowest BCUT2D eigenvalue weighted by molar-refractivity contribution is 0.670. The van der Waals surface area contributed by atoms with E-state index in [0.29, 0.717) is 0 Å². The minimum atomic E-state index is 0.892. The molecule has 12 aromatic rings. The molecule has 276 valence electrons. The second kappa shape index (κ2) is 13.4. The molecule has 0 radical (unpaired) electrons. The van der Waals surface area contributed by atoms with Gasteiger partial charge in [0.2, 0.25) is 0 Å². The summed E-state index contributed by atoms with van der Waals surface area (Å²) >= 11 is 0. The van der Waals surface area contributed by atoms with Crippen LogP contribution in [0.1, 0.15) is 0 Å². The van der Waals surface area contributed by atoms with Crippen molar-refractivity contribution in [2.45, 2.75) is 0 Å². The second-order valence-electron chi connectivity index (χ2n) is 15.3. The quantitative estimate of drug-likeness (QED) is 0.158. The van der Waals surface area contributed by atoms with Crippen molar-refractivity contribution in [3.05, 3.63) is 218 Å². The van der Waals surface area contributed by atoms with E-state index >= 15 is 0 Å². The van der Waals surface area contributed by atoms with Gasteiger partial charge in [-0.15, -0.1) is 0 Å². The average molecular weight is 753 g/mol. The van der Waals surface area contributed by atoms with Gasteiger partial charge in [0, 0.05) is 49.9 Å². The lowest BCUT2D eigenvalue weighted by Crippen LogP contribution is -2.10. The number of para-hydroxylation sites is 3. The molecule has 0 bridgehead atoms. The van der Waals surface area contributed by atoms with Crippen molar-refractivity contribution < 1.29 is 4.42 Å². The zero-order valence-electron chi connectivity index (χ0n) is 32.1. The zero-order valence-corrected chi connectivity index (χ0v) is 32.1. The molecule has 0 spiro atoms. The minimum Gasteiger partial charge on any atom is -0.455 e. The predicted molar refractivity (Wildman–Crippen MR) is 249 cm³/mol. The topological polar surface area (TPSA) is 21.3 Å². The normalized spacial score (nSPS) is 11.7. The molecule has 2 heterocycles. The number of fused-ring (bicyclic) bond motifs is 9. The molecule has 0 atom stereocenters. The van der Waals surface area contributed by atoms with Crippen LogP contribution >= 0.6 is 0 Å². The molecule has 10 aromatic carbocycles. The zero-order chi connectivity index (χ0) is 38.9. The van der Waals surface area contributed by atoms with E-state index in [4.69, 9.17) is 4.42 Å². The SMILES string of the molecule is c1ccc(-c2cccc3c2oc2ccc(-c4ccc(N(c5ccc(-n6c7ccccc7c7ccccc76)cc5)c5ccc6ccc7ccccc7c6c5)cc4)cc23)cc1. The van der Waals surface area contributed by atoms with Crippen LogP contribution in [0.15, 0.2) is 223 Å². The molecule has 3 heteroatoms. The molecule has 3 nitrogen and oxygen atoms in total. The number of hydrogen-bond donors (Lipinski definition) is 0. The molecule has 2 aromatic heterocycles. The van der Waals surface area contributed by atoms with Gasteiger partial charge in [-0.25, -0.2) is 0 Å². The minimum absolute atomic E-state index is 0.892. The number of nitrogens with zero attached hydrogens (tertiary/aromatic N) is 2. The van der Waals surface area contributed by atoms with Gasteiger partial charge in [-0.2, -0.15) is 0 Å². The third-order valence-electron chi connectivity index (χ3n) is 12.0. The van der Waals surface area contributed by atoms with Crippen molar-refractivity contribution in [1.82, 2.24) is 4.57 Å². The molecule has 0 aliphatic heterocycles. The summed E-state index contributed by atoms with van der Waals surface area (Å²) in [6.07, 6.45) is 0. The van der Waals surface area contributed by atoms with Crippen LogP contribution in [-0.4, -0.2) is 4.57 Å². The van der Waals surface area contributed by atoms with Gasteiger partial charge in [-0.1, -0.05) is 146 Å². The van der Waals surface area contributed by atoms with Crippen LogP contribution in [0.2, 0.25) is 0 Å².